The first-order valence-electron chi connectivity index (χ1n) is 7.76. The van der Waals surface area contributed by atoms with Crippen molar-refractivity contribution in [3.8, 4) is 0 Å². The summed E-state index contributed by atoms with van der Waals surface area (Å²) < 4.78 is 29.2. The van der Waals surface area contributed by atoms with Crippen LogP contribution in [0.1, 0.15) is 36.3 Å². The molecule has 1 aromatic heterocycles. The zero-order chi connectivity index (χ0) is 14.9. The van der Waals surface area contributed by atoms with E-state index in [9.17, 15) is 8.42 Å². The van der Waals surface area contributed by atoms with Crippen molar-refractivity contribution < 1.29 is 12.8 Å². The van der Waals surface area contributed by atoms with Crippen LogP contribution >= 0.6 is 0 Å². The van der Waals surface area contributed by atoms with E-state index in [2.05, 4.69) is 23.2 Å². The van der Waals surface area contributed by atoms with Crippen molar-refractivity contribution >= 4 is 9.84 Å². The first kappa shape index (κ1) is 15.1. The fourth-order valence-electron chi connectivity index (χ4n) is 2.74. The number of nitrogens with zero attached hydrogens (tertiary/aromatic N) is 1. The van der Waals surface area contributed by atoms with Crippen molar-refractivity contribution in [3.05, 3.63) is 23.2 Å². The average Bonchev–Trinajstić information content (AvgIpc) is 3.19. The Bertz CT molecular complexity index is 590. The highest BCUT2D eigenvalue weighted by Crippen LogP contribution is 2.22. The Morgan fingerprint density at radius 2 is 2.14 bits per heavy atom. The molecular formula is C15H24N2O3S. The standard InChI is InChI=1S/C15H24N2O3S/c1-12-9-14(20-15(12)10-16-13-3-4-13)11-17-5-2-7-21(18,19)8-6-17/h9,13,16H,2-8,10-11H2,1H3. The molecule has 1 saturated carbocycles. The van der Waals surface area contributed by atoms with Gasteiger partial charge in [-0.2, -0.15) is 0 Å². The first-order valence-corrected chi connectivity index (χ1v) is 9.58. The Labute approximate surface area is 126 Å². The smallest absolute Gasteiger partial charge is 0.151 e. The molecule has 0 unspecified atom stereocenters. The third-order valence-electron chi connectivity index (χ3n) is 4.23. The van der Waals surface area contributed by atoms with Gasteiger partial charge in [0.05, 0.1) is 24.6 Å². The number of sulfone groups is 1. The molecule has 2 heterocycles. The van der Waals surface area contributed by atoms with E-state index in [1.165, 1.54) is 18.4 Å². The lowest BCUT2D eigenvalue weighted by atomic mass is 10.2. The van der Waals surface area contributed by atoms with Crippen LogP contribution in [0.5, 0.6) is 0 Å². The fraction of sp³-hybridized carbons (Fsp3) is 0.733. The minimum absolute atomic E-state index is 0.267. The molecule has 2 aliphatic rings. The molecule has 0 atom stereocenters. The van der Waals surface area contributed by atoms with E-state index in [1.807, 2.05) is 0 Å². The van der Waals surface area contributed by atoms with Gasteiger partial charge in [0.2, 0.25) is 0 Å². The van der Waals surface area contributed by atoms with Gasteiger partial charge in [-0.05, 0) is 44.4 Å². The zero-order valence-electron chi connectivity index (χ0n) is 12.6. The molecule has 2 fully saturated rings. The molecule has 1 aliphatic carbocycles. The van der Waals surface area contributed by atoms with Gasteiger partial charge in [0.1, 0.15) is 11.5 Å². The van der Waals surface area contributed by atoms with Crippen LogP contribution < -0.4 is 5.32 Å². The average molecular weight is 312 g/mol. The van der Waals surface area contributed by atoms with Crippen LogP contribution in [0.15, 0.2) is 10.5 Å². The summed E-state index contributed by atoms with van der Waals surface area (Å²) in [6.45, 7) is 5.01. The zero-order valence-corrected chi connectivity index (χ0v) is 13.4. The highest BCUT2D eigenvalue weighted by atomic mass is 32.2. The summed E-state index contributed by atoms with van der Waals surface area (Å²) in [6.07, 6.45) is 3.27. The van der Waals surface area contributed by atoms with Crippen molar-refractivity contribution in [2.75, 3.05) is 24.6 Å². The van der Waals surface area contributed by atoms with Gasteiger partial charge in [-0.1, -0.05) is 0 Å². The fourth-order valence-corrected chi connectivity index (χ4v) is 4.05. The van der Waals surface area contributed by atoms with Gasteiger partial charge in [0, 0.05) is 12.6 Å². The van der Waals surface area contributed by atoms with Gasteiger partial charge in [-0.15, -0.1) is 0 Å². The number of hydrogen-bond donors (Lipinski definition) is 1. The van der Waals surface area contributed by atoms with E-state index in [0.29, 0.717) is 24.9 Å². The molecule has 118 valence electrons. The molecule has 1 saturated heterocycles. The van der Waals surface area contributed by atoms with Gasteiger partial charge < -0.3 is 9.73 Å². The summed E-state index contributed by atoms with van der Waals surface area (Å²) in [5, 5.41) is 3.46. The molecule has 6 heteroatoms. The van der Waals surface area contributed by atoms with Gasteiger partial charge in [-0.25, -0.2) is 8.42 Å². The van der Waals surface area contributed by atoms with Gasteiger partial charge in [0.15, 0.2) is 9.84 Å². The van der Waals surface area contributed by atoms with Gasteiger partial charge in [-0.3, -0.25) is 4.90 Å². The number of nitrogens with one attached hydrogen (secondary N) is 1. The number of hydrogen-bond acceptors (Lipinski definition) is 5. The van der Waals surface area contributed by atoms with Gasteiger partial charge in [0.25, 0.3) is 0 Å². The van der Waals surface area contributed by atoms with E-state index in [4.69, 9.17) is 4.42 Å². The lowest BCUT2D eigenvalue weighted by Gasteiger charge is -2.17. The predicted molar refractivity (Wildman–Crippen MR) is 81.9 cm³/mol. The third-order valence-corrected chi connectivity index (χ3v) is 5.94. The van der Waals surface area contributed by atoms with Crippen molar-refractivity contribution in [3.63, 3.8) is 0 Å². The topological polar surface area (TPSA) is 62.6 Å². The highest BCUT2D eigenvalue weighted by molar-refractivity contribution is 7.91. The highest BCUT2D eigenvalue weighted by Gasteiger charge is 2.22. The molecule has 0 spiro atoms. The normalized spacial score (nSPS) is 23.1. The SMILES string of the molecule is Cc1cc(CN2CCCS(=O)(=O)CC2)oc1CNC1CC1. The lowest BCUT2D eigenvalue weighted by molar-refractivity contribution is 0.258. The largest absolute Gasteiger partial charge is 0.463 e. The van der Waals surface area contributed by atoms with Gasteiger partial charge >= 0.3 is 0 Å². The number of furan rings is 1. The maximum atomic E-state index is 11.6. The molecule has 3 rings (SSSR count). The van der Waals surface area contributed by atoms with Crippen LogP contribution in [0.25, 0.3) is 0 Å². The molecule has 1 N–H and O–H groups in total. The maximum absolute atomic E-state index is 11.6. The minimum atomic E-state index is -2.84. The number of aryl methyl sites for hydroxylation is 1. The van der Waals surface area contributed by atoms with E-state index < -0.39 is 9.84 Å². The molecule has 0 radical (unpaired) electrons. The Hall–Kier alpha value is -0.850. The Balaban J connectivity index is 1.57. The summed E-state index contributed by atoms with van der Waals surface area (Å²) in [7, 11) is -2.84. The van der Waals surface area contributed by atoms with E-state index >= 15 is 0 Å². The predicted octanol–water partition coefficient (Wildman–Crippen LogP) is 1.46. The molecule has 0 aromatic carbocycles. The van der Waals surface area contributed by atoms with E-state index in [0.717, 1.165) is 31.0 Å². The van der Waals surface area contributed by atoms with Crippen molar-refractivity contribution in [1.82, 2.24) is 10.2 Å². The summed E-state index contributed by atoms with van der Waals surface area (Å²) in [5.41, 5.74) is 1.18. The number of rotatable bonds is 5. The molecule has 5 nitrogen and oxygen atoms in total. The van der Waals surface area contributed by atoms with E-state index in [-0.39, 0.29) is 5.75 Å². The van der Waals surface area contributed by atoms with Crippen molar-refractivity contribution in [2.45, 2.75) is 45.3 Å². The monoisotopic (exact) mass is 312 g/mol. The van der Waals surface area contributed by atoms with Crippen LogP contribution in [0.2, 0.25) is 0 Å². The molecule has 1 aliphatic heterocycles. The molecule has 1 aromatic rings. The second-order valence-electron chi connectivity index (χ2n) is 6.26. The second kappa shape index (κ2) is 6.10. The maximum Gasteiger partial charge on any atom is 0.151 e. The van der Waals surface area contributed by atoms with Crippen LogP contribution in [0, 0.1) is 6.92 Å². The summed E-state index contributed by atoms with van der Waals surface area (Å²) in [4.78, 5) is 2.18. The molecular weight excluding hydrogens is 288 g/mol. The second-order valence-corrected chi connectivity index (χ2v) is 8.56. The first-order chi connectivity index (χ1) is 10.0. The molecule has 21 heavy (non-hydrogen) atoms. The quantitative estimate of drug-likeness (QED) is 0.892. The van der Waals surface area contributed by atoms with Crippen molar-refractivity contribution in [1.29, 1.82) is 0 Å². The Kier molecular flexibility index (Phi) is 4.38. The molecule has 0 bridgehead atoms. The summed E-state index contributed by atoms with van der Waals surface area (Å²) in [5.74, 6) is 2.54. The van der Waals surface area contributed by atoms with Crippen molar-refractivity contribution in [2.24, 2.45) is 0 Å². The Morgan fingerprint density at radius 1 is 1.33 bits per heavy atom. The van der Waals surface area contributed by atoms with Crippen LogP contribution in [0.4, 0.5) is 0 Å². The van der Waals surface area contributed by atoms with Crippen LogP contribution in [0.3, 0.4) is 0 Å². The van der Waals surface area contributed by atoms with Crippen LogP contribution in [-0.4, -0.2) is 44.0 Å². The minimum Gasteiger partial charge on any atom is -0.463 e. The third kappa shape index (κ3) is 4.31. The summed E-state index contributed by atoms with van der Waals surface area (Å²) in [6, 6.07) is 2.76. The Morgan fingerprint density at radius 3 is 2.90 bits per heavy atom. The molecule has 0 amide bonds. The lowest BCUT2D eigenvalue weighted by Crippen LogP contribution is -2.26. The summed E-state index contributed by atoms with van der Waals surface area (Å²) >= 11 is 0. The van der Waals surface area contributed by atoms with E-state index in [1.54, 1.807) is 0 Å². The van der Waals surface area contributed by atoms with Crippen LogP contribution in [-0.2, 0) is 22.9 Å².